The smallest absolute Gasteiger partial charge is 0.345 e. The number of hydrogen-bond donors (Lipinski definition) is 1. The minimum absolute atomic E-state index is 0.0184. The maximum Gasteiger partial charge on any atom is 0.345 e. The van der Waals surface area contributed by atoms with Gasteiger partial charge in [-0.1, -0.05) is 0 Å². The van der Waals surface area contributed by atoms with Crippen molar-refractivity contribution in [3.8, 4) is 5.75 Å². The Hall–Kier alpha value is -3.69. The number of ether oxygens (including phenoxy) is 2. The van der Waals surface area contributed by atoms with Crippen molar-refractivity contribution in [2.45, 2.75) is 13.0 Å². The molecule has 1 N–H and O–H groups in total. The van der Waals surface area contributed by atoms with Gasteiger partial charge in [0.2, 0.25) is 0 Å². The zero-order valence-electron chi connectivity index (χ0n) is 13.9. The molecule has 0 aliphatic carbocycles. The molecule has 136 valence electrons. The number of esters is 1. The number of carbonyl (C=O) groups excluding carboxylic acids is 2. The molecular formula is C16H15N3O7. The quantitative estimate of drug-likeness (QED) is 0.270. The van der Waals surface area contributed by atoms with Gasteiger partial charge in [0.1, 0.15) is 11.3 Å². The lowest BCUT2D eigenvalue weighted by Crippen LogP contribution is -2.31. The molecule has 1 aromatic heterocycles. The number of amides is 1. The van der Waals surface area contributed by atoms with Gasteiger partial charge in [0, 0.05) is 18.2 Å². The average Bonchev–Trinajstić information content (AvgIpc) is 2.61. The highest BCUT2D eigenvalue weighted by Crippen LogP contribution is 2.29. The Kier molecular flexibility index (Phi) is 5.68. The Bertz CT molecular complexity index is 853. The molecule has 1 atom stereocenters. The van der Waals surface area contributed by atoms with Gasteiger partial charge in [-0.15, -0.1) is 0 Å². The van der Waals surface area contributed by atoms with Crippen LogP contribution in [0.3, 0.4) is 0 Å². The summed E-state index contributed by atoms with van der Waals surface area (Å²) in [6.45, 7) is 1.32. The highest BCUT2D eigenvalue weighted by molar-refractivity contribution is 5.98. The highest BCUT2D eigenvalue weighted by Gasteiger charge is 2.22. The molecule has 0 radical (unpaired) electrons. The minimum atomic E-state index is -1.22. The molecule has 2 aromatic rings. The molecule has 0 saturated heterocycles. The van der Waals surface area contributed by atoms with Crippen LogP contribution in [-0.2, 0) is 9.53 Å². The molecule has 0 fully saturated rings. The van der Waals surface area contributed by atoms with Crippen molar-refractivity contribution in [1.29, 1.82) is 0 Å². The van der Waals surface area contributed by atoms with Crippen molar-refractivity contribution in [2.24, 2.45) is 0 Å². The molecule has 1 amide bonds. The highest BCUT2D eigenvalue weighted by atomic mass is 16.6. The molecule has 0 aliphatic rings. The zero-order valence-corrected chi connectivity index (χ0v) is 13.9. The fraction of sp³-hybridized carbons (Fsp3) is 0.188. The third kappa shape index (κ3) is 4.44. The van der Waals surface area contributed by atoms with Crippen LogP contribution in [0.4, 0.5) is 11.4 Å². The van der Waals surface area contributed by atoms with Crippen LogP contribution >= 0.6 is 0 Å². The standard InChI is InChI=1S/C16H15N3O7/c1-10(26-16(21)11-4-3-7-18(22)9-11)15(20)17-13-8-12(19(23)24)5-6-14(13)25-2/h3-10H,1-2H3,(H,17,20). The normalized spacial score (nSPS) is 11.3. The third-order valence-electron chi connectivity index (χ3n) is 3.32. The van der Waals surface area contributed by atoms with Gasteiger partial charge >= 0.3 is 5.97 Å². The third-order valence-corrected chi connectivity index (χ3v) is 3.32. The van der Waals surface area contributed by atoms with E-state index in [1.54, 1.807) is 0 Å². The van der Waals surface area contributed by atoms with E-state index in [2.05, 4.69) is 5.32 Å². The lowest BCUT2D eigenvalue weighted by molar-refractivity contribution is -0.605. The molecule has 0 bridgehead atoms. The van der Waals surface area contributed by atoms with Crippen molar-refractivity contribution in [1.82, 2.24) is 0 Å². The van der Waals surface area contributed by atoms with Crippen molar-refractivity contribution in [3.05, 3.63) is 63.6 Å². The number of rotatable bonds is 6. The summed E-state index contributed by atoms with van der Waals surface area (Å²) < 4.78 is 10.5. The van der Waals surface area contributed by atoms with Crippen LogP contribution in [0, 0.1) is 15.3 Å². The van der Waals surface area contributed by atoms with Crippen LogP contribution in [0.1, 0.15) is 17.3 Å². The van der Waals surface area contributed by atoms with Crippen molar-refractivity contribution >= 4 is 23.3 Å². The largest absolute Gasteiger partial charge is 0.619 e. The second-order valence-corrected chi connectivity index (χ2v) is 5.13. The number of non-ortho nitro benzene ring substituents is 1. The summed E-state index contributed by atoms with van der Waals surface area (Å²) in [6, 6.07) is 6.42. The van der Waals surface area contributed by atoms with E-state index in [9.17, 15) is 24.9 Å². The Balaban J connectivity index is 2.10. The average molecular weight is 361 g/mol. The van der Waals surface area contributed by atoms with Crippen LogP contribution in [-0.4, -0.2) is 30.0 Å². The molecule has 10 nitrogen and oxygen atoms in total. The number of aromatic nitrogens is 1. The van der Waals surface area contributed by atoms with Crippen LogP contribution in [0.2, 0.25) is 0 Å². The Morgan fingerprint density at radius 1 is 1.31 bits per heavy atom. The predicted octanol–water partition coefficient (Wildman–Crippen LogP) is 1.42. The Morgan fingerprint density at radius 3 is 2.65 bits per heavy atom. The second kappa shape index (κ2) is 7.92. The van der Waals surface area contributed by atoms with Gasteiger partial charge < -0.3 is 20.0 Å². The molecule has 10 heteroatoms. The van der Waals surface area contributed by atoms with Crippen LogP contribution in [0.5, 0.6) is 5.75 Å². The van der Waals surface area contributed by atoms with Gasteiger partial charge in [-0.3, -0.25) is 14.9 Å². The van der Waals surface area contributed by atoms with Crippen molar-refractivity contribution in [2.75, 3.05) is 12.4 Å². The van der Waals surface area contributed by atoms with Gasteiger partial charge in [0.25, 0.3) is 11.6 Å². The first kappa shape index (κ1) is 18.6. The fourth-order valence-electron chi connectivity index (χ4n) is 2.00. The zero-order chi connectivity index (χ0) is 19.3. The van der Waals surface area contributed by atoms with E-state index >= 15 is 0 Å². The summed E-state index contributed by atoms with van der Waals surface area (Å²) in [6.07, 6.45) is 0.990. The first-order chi connectivity index (χ1) is 12.3. The lowest BCUT2D eigenvalue weighted by Gasteiger charge is -2.15. The van der Waals surface area contributed by atoms with Crippen LogP contribution in [0.25, 0.3) is 0 Å². The van der Waals surface area contributed by atoms with E-state index in [0.717, 1.165) is 12.3 Å². The summed E-state index contributed by atoms with van der Waals surface area (Å²) in [5.74, 6) is -1.37. The molecule has 26 heavy (non-hydrogen) atoms. The lowest BCUT2D eigenvalue weighted by atomic mass is 10.2. The topological polar surface area (TPSA) is 135 Å². The Morgan fingerprint density at radius 2 is 2.04 bits per heavy atom. The number of nitrogens with one attached hydrogen (secondary N) is 1. The Labute approximate surface area is 147 Å². The number of benzene rings is 1. The summed E-state index contributed by atoms with van der Waals surface area (Å²) >= 11 is 0. The molecule has 0 aliphatic heterocycles. The number of hydrogen-bond acceptors (Lipinski definition) is 7. The molecular weight excluding hydrogens is 346 g/mol. The van der Waals surface area contributed by atoms with E-state index in [4.69, 9.17) is 9.47 Å². The van der Waals surface area contributed by atoms with Gasteiger partial charge in [-0.2, -0.15) is 4.73 Å². The SMILES string of the molecule is COc1ccc([N+](=O)[O-])cc1NC(=O)C(C)OC(=O)c1ccc[n+]([O-])c1. The number of pyridine rings is 1. The monoisotopic (exact) mass is 361 g/mol. The second-order valence-electron chi connectivity index (χ2n) is 5.13. The van der Waals surface area contributed by atoms with E-state index in [-0.39, 0.29) is 22.7 Å². The van der Waals surface area contributed by atoms with Crippen molar-refractivity contribution < 1.29 is 28.7 Å². The van der Waals surface area contributed by atoms with E-state index < -0.39 is 22.9 Å². The molecule has 1 unspecified atom stereocenters. The number of nitro groups is 1. The maximum atomic E-state index is 12.2. The van der Waals surface area contributed by atoms with E-state index in [1.807, 2.05) is 0 Å². The molecule has 1 aromatic carbocycles. The van der Waals surface area contributed by atoms with Gasteiger partial charge in [-0.25, -0.2) is 4.79 Å². The number of nitrogens with zero attached hydrogens (tertiary/aromatic N) is 2. The molecule has 1 heterocycles. The van der Waals surface area contributed by atoms with Gasteiger partial charge in [0.05, 0.1) is 17.7 Å². The molecule has 0 spiro atoms. The predicted molar refractivity (Wildman–Crippen MR) is 88.6 cm³/mol. The van der Waals surface area contributed by atoms with E-state index in [0.29, 0.717) is 4.73 Å². The van der Waals surface area contributed by atoms with Crippen LogP contribution < -0.4 is 14.8 Å². The maximum absolute atomic E-state index is 12.2. The minimum Gasteiger partial charge on any atom is -0.619 e. The van der Waals surface area contributed by atoms with Crippen LogP contribution in [0.15, 0.2) is 42.7 Å². The van der Waals surface area contributed by atoms with Crippen molar-refractivity contribution in [3.63, 3.8) is 0 Å². The first-order valence-electron chi connectivity index (χ1n) is 7.35. The molecule has 0 saturated carbocycles. The van der Waals surface area contributed by atoms with Gasteiger partial charge in [0.15, 0.2) is 18.5 Å². The summed E-state index contributed by atoms with van der Waals surface area (Å²) in [5, 5.41) is 24.4. The fourth-order valence-corrected chi connectivity index (χ4v) is 2.00. The summed E-state index contributed by atoms with van der Waals surface area (Å²) in [7, 11) is 1.34. The summed E-state index contributed by atoms with van der Waals surface area (Å²) in [5.41, 5.74) is -0.197. The number of methoxy groups -OCH3 is 1. The van der Waals surface area contributed by atoms with E-state index in [1.165, 1.54) is 44.5 Å². The first-order valence-corrected chi connectivity index (χ1v) is 7.35. The number of nitro benzene ring substituents is 1. The van der Waals surface area contributed by atoms with Gasteiger partial charge in [-0.05, 0) is 19.1 Å². The summed E-state index contributed by atoms with van der Waals surface area (Å²) in [4.78, 5) is 34.4. The molecule has 2 rings (SSSR count). The number of carbonyl (C=O) groups is 2. The number of anilines is 1.